The van der Waals surface area contributed by atoms with Crippen molar-refractivity contribution in [3.63, 3.8) is 0 Å². The average Bonchev–Trinajstić information content (AvgIpc) is 2.78. The third kappa shape index (κ3) is 7.81. The van der Waals surface area contributed by atoms with Gasteiger partial charge in [0.05, 0.1) is 6.42 Å². The van der Waals surface area contributed by atoms with Gasteiger partial charge in [-0.1, -0.05) is 42.0 Å². The van der Waals surface area contributed by atoms with Gasteiger partial charge in [0.2, 0.25) is 11.8 Å². The minimum absolute atomic E-state index is 0.249. The van der Waals surface area contributed by atoms with E-state index in [1.54, 1.807) is 20.8 Å². The molecular formula is C30H40N4O5. The van der Waals surface area contributed by atoms with Crippen molar-refractivity contribution in [2.24, 2.45) is 5.73 Å². The highest BCUT2D eigenvalue weighted by Gasteiger charge is 2.43. The summed E-state index contributed by atoms with van der Waals surface area (Å²) in [5, 5.41) is 5.54. The number of hydrogen-bond acceptors (Lipinski definition) is 5. The highest BCUT2D eigenvalue weighted by molar-refractivity contribution is 6.00. The smallest absolute Gasteiger partial charge is 0.408 e. The van der Waals surface area contributed by atoms with Crippen LogP contribution in [-0.2, 0) is 19.1 Å². The maximum Gasteiger partial charge on any atom is 0.408 e. The molecule has 9 heteroatoms. The van der Waals surface area contributed by atoms with Crippen LogP contribution in [0.1, 0.15) is 74.8 Å². The van der Waals surface area contributed by atoms with Gasteiger partial charge in [-0.05, 0) is 83.6 Å². The fourth-order valence-corrected chi connectivity index (χ4v) is 4.60. The molecule has 0 saturated heterocycles. The molecule has 0 spiro atoms. The SMILES string of the molecule is Cc1ccc(C)c(C(C(=O)Nc2ccccc2C)N(C(=O)C(CC(N)=O)NC(=O)OC(C)(C)C)C2CCC2)c1. The summed E-state index contributed by atoms with van der Waals surface area (Å²) < 4.78 is 5.35. The van der Waals surface area contributed by atoms with Crippen LogP contribution in [0.25, 0.3) is 0 Å². The van der Waals surface area contributed by atoms with E-state index in [2.05, 4.69) is 10.6 Å². The number of nitrogens with two attached hydrogens (primary N) is 1. The van der Waals surface area contributed by atoms with Gasteiger partial charge in [-0.3, -0.25) is 14.4 Å². The summed E-state index contributed by atoms with van der Waals surface area (Å²) in [5.41, 5.74) is 8.65. The Morgan fingerprint density at radius 3 is 2.26 bits per heavy atom. The highest BCUT2D eigenvalue weighted by Crippen LogP contribution is 2.36. The van der Waals surface area contributed by atoms with Crippen LogP contribution in [-0.4, -0.2) is 46.4 Å². The van der Waals surface area contributed by atoms with Crippen LogP contribution in [0.4, 0.5) is 10.5 Å². The van der Waals surface area contributed by atoms with Crippen molar-refractivity contribution < 1.29 is 23.9 Å². The molecule has 0 bridgehead atoms. The first kappa shape index (κ1) is 29.7. The van der Waals surface area contributed by atoms with Gasteiger partial charge in [0.25, 0.3) is 5.91 Å². The standard InChI is InChI=1S/C30H40N4O5/c1-18-14-15-19(2)22(16-18)26(27(36)32-23-13-8-7-10-20(23)3)34(21-11-9-12-21)28(37)24(17-25(31)35)33-29(38)39-30(4,5)6/h7-8,10,13-16,21,24,26H,9,11-12,17H2,1-6H3,(H2,31,35)(H,32,36)(H,33,38). The lowest BCUT2D eigenvalue weighted by atomic mass is 9.86. The molecule has 0 radical (unpaired) electrons. The second-order valence-corrected chi connectivity index (χ2v) is 11.3. The predicted octanol–water partition coefficient (Wildman–Crippen LogP) is 4.44. The van der Waals surface area contributed by atoms with Crippen LogP contribution in [0.15, 0.2) is 42.5 Å². The third-order valence-corrected chi connectivity index (χ3v) is 6.78. The number of anilines is 1. The zero-order chi connectivity index (χ0) is 28.9. The Morgan fingerprint density at radius 1 is 1.03 bits per heavy atom. The van der Waals surface area contributed by atoms with Crippen LogP contribution in [0.3, 0.4) is 0 Å². The minimum Gasteiger partial charge on any atom is -0.444 e. The minimum atomic E-state index is -1.29. The second-order valence-electron chi connectivity index (χ2n) is 11.3. The van der Waals surface area contributed by atoms with E-state index in [0.717, 1.165) is 23.1 Å². The van der Waals surface area contributed by atoms with E-state index in [1.165, 1.54) is 4.90 Å². The Hall–Kier alpha value is -3.88. The Balaban J connectivity index is 2.08. The predicted molar refractivity (Wildman–Crippen MR) is 150 cm³/mol. The molecule has 1 fully saturated rings. The average molecular weight is 537 g/mol. The molecule has 0 aliphatic heterocycles. The number of carbonyl (C=O) groups is 4. The van der Waals surface area contributed by atoms with Crippen molar-refractivity contribution >= 4 is 29.5 Å². The second kappa shape index (κ2) is 12.3. The Morgan fingerprint density at radius 2 is 1.69 bits per heavy atom. The maximum absolute atomic E-state index is 14.2. The number of aryl methyl sites for hydroxylation is 3. The molecule has 2 aromatic carbocycles. The Kier molecular flexibility index (Phi) is 9.37. The number of nitrogens with zero attached hydrogens (tertiary/aromatic N) is 1. The number of para-hydroxylation sites is 1. The third-order valence-electron chi connectivity index (χ3n) is 6.78. The molecule has 2 aromatic rings. The van der Waals surface area contributed by atoms with E-state index < -0.39 is 42.0 Å². The number of rotatable bonds is 9. The summed E-state index contributed by atoms with van der Waals surface area (Å²) in [7, 11) is 0. The molecule has 4 N–H and O–H groups in total. The van der Waals surface area contributed by atoms with Crippen LogP contribution in [0.2, 0.25) is 0 Å². The molecule has 1 aliphatic rings. The molecular weight excluding hydrogens is 496 g/mol. The first-order valence-electron chi connectivity index (χ1n) is 13.3. The number of amides is 4. The van der Waals surface area contributed by atoms with E-state index in [4.69, 9.17) is 10.5 Å². The maximum atomic E-state index is 14.2. The number of carbonyl (C=O) groups excluding carboxylic acids is 4. The van der Waals surface area contributed by atoms with Gasteiger partial charge in [0, 0.05) is 11.7 Å². The zero-order valence-corrected chi connectivity index (χ0v) is 23.7. The van der Waals surface area contributed by atoms with Crippen molar-refractivity contribution in [2.75, 3.05) is 5.32 Å². The molecule has 210 valence electrons. The van der Waals surface area contributed by atoms with Gasteiger partial charge >= 0.3 is 6.09 Å². The largest absolute Gasteiger partial charge is 0.444 e. The molecule has 1 aliphatic carbocycles. The first-order chi connectivity index (χ1) is 18.3. The number of alkyl carbamates (subject to hydrolysis) is 1. The van der Waals surface area contributed by atoms with Crippen LogP contribution < -0.4 is 16.4 Å². The van der Waals surface area contributed by atoms with Gasteiger partial charge in [0.1, 0.15) is 17.7 Å². The van der Waals surface area contributed by atoms with Crippen molar-refractivity contribution in [3.8, 4) is 0 Å². The highest BCUT2D eigenvalue weighted by atomic mass is 16.6. The Labute approximate surface area is 230 Å². The lowest BCUT2D eigenvalue weighted by Gasteiger charge is -2.44. The summed E-state index contributed by atoms with van der Waals surface area (Å²) in [6.45, 7) is 10.8. The lowest BCUT2D eigenvalue weighted by molar-refractivity contribution is -0.146. The topological polar surface area (TPSA) is 131 Å². The summed E-state index contributed by atoms with van der Waals surface area (Å²) in [4.78, 5) is 54.4. The lowest BCUT2D eigenvalue weighted by Crippen LogP contribution is -2.57. The van der Waals surface area contributed by atoms with Crippen LogP contribution in [0.5, 0.6) is 0 Å². The molecule has 1 saturated carbocycles. The summed E-state index contributed by atoms with van der Waals surface area (Å²) in [6.07, 6.45) is 1.01. The van der Waals surface area contributed by atoms with Crippen molar-refractivity contribution in [2.45, 2.75) is 91.0 Å². The van der Waals surface area contributed by atoms with Crippen molar-refractivity contribution in [1.29, 1.82) is 0 Å². The number of ether oxygens (including phenoxy) is 1. The molecule has 9 nitrogen and oxygen atoms in total. The van der Waals surface area contributed by atoms with E-state index >= 15 is 0 Å². The molecule has 3 rings (SSSR count). The van der Waals surface area contributed by atoms with Crippen LogP contribution in [0, 0.1) is 20.8 Å². The zero-order valence-electron chi connectivity index (χ0n) is 23.7. The Bertz CT molecular complexity index is 1230. The summed E-state index contributed by atoms with van der Waals surface area (Å²) >= 11 is 0. The fraction of sp³-hybridized carbons (Fsp3) is 0.467. The molecule has 39 heavy (non-hydrogen) atoms. The summed E-state index contributed by atoms with van der Waals surface area (Å²) in [5.74, 6) is -1.70. The van der Waals surface area contributed by atoms with E-state index in [-0.39, 0.29) is 11.9 Å². The first-order valence-corrected chi connectivity index (χ1v) is 13.3. The number of nitrogens with one attached hydrogen (secondary N) is 2. The fourth-order valence-electron chi connectivity index (χ4n) is 4.60. The number of primary amides is 1. The molecule has 2 unspecified atom stereocenters. The van der Waals surface area contributed by atoms with Gasteiger partial charge in [-0.2, -0.15) is 0 Å². The van der Waals surface area contributed by atoms with Crippen molar-refractivity contribution in [1.82, 2.24) is 10.2 Å². The van der Waals surface area contributed by atoms with Gasteiger partial charge in [-0.25, -0.2) is 4.79 Å². The molecule has 4 amide bonds. The van der Waals surface area contributed by atoms with Gasteiger partial charge in [-0.15, -0.1) is 0 Å². The van der Waals surface area contributed by atoms with Gasteiger partial charge in [0.15, 0.2) is 0 Å². The summed E-state index contributed by atoms with van der Waals surface area (Å²) in [6, 6.07) is 10.6. The molecule has 2 atom stereocenters. The number of hydrogen-bond donors (Lipinski definition) is 3. The van der Waals surface area contributed by atoms with Gasteiger partial charge < -0.3 is 26.0 Å². The van der Waals surface area contributed by atoms with E-state index in [9.17, 15) is 19.2 Å². The van der Waals surface area contributed by atoms with E-state index in [0.29, 0.717) is 24.1 Å². The normalized spacial score (nSPS) is 14.9. The monoisotopic (exact) mass is 536 g/mol. The molecule has 0 heterocycles. The quantitative estimate of drug-likeness (QED) is 0.436. The molecule has 0 aromatic heterocycles. The van der Waals surface area contributed by atoms with Crippen molar-refractivity contribution in [3.05, 3.63) is 64.7 Å². The van der Waals surface area contributed by atoms with E-state index in [1.807, 2.05) is 63.2 Å². The van der Waals surface area contributed by atoms with Crippen LogP contribution >= 0.6 is 0 Å². The number of benzene rings is 2.